The summed E-state index contributed by atoms with van der Waals surface area (Å²) in [7, 11) is 0. The number of amides is 1. The van der Waals surface area contributed by atoms with Gasteiger partial charge in [-0.2, -0.15) is 0 Å². The number of nitrogens with zero attached hydrogens (tertiary/aromatic N) is 3. The highest BCUT2D eigenvalue weighted by Crippen LogP contribution is 2.24. The van der Waals surface area contributed by atoms with E-state index in [1.165, 1.54) is 5.56 Å². The molecule has 1 saturated heterocycles. The molecule has 138 valence electrons. The minimum Gasteiger partial charge on any atom is -0.356 e. The molecule has 1 aliphatic heterocycles. The standard InChI is InChI=1S/C21H28N4O/c1-15(2)13-22-21(26)17-8-6-12-25(14-17)20-11-10-19(23-24-20)18-9-5-4-7-16(18)3/h4-5,7,9-11,15,17H,6,8,12-14H2,1-3H3,(H,22,26)/t17-/m1/s1. The predicted octanol–water partition coefficient (Wildman–Crippen LogP) is 3.44. The molecule has 1 N–H and O–H groups in total. The van der Waals surface area contributed by atoms with Gasteiger partial charge in [-0.25, -0.2) is 0 Å². The predicted molar refractivity (Wildman–Crippen MR) is 105 cm³/mol. The number of rotatable bonds is 5. The molecule has 3 rings (SSSR count). The van der Waals surface area contributed by atoms with Crippen molar-refractivity contribution in [3.63, 3.8) is 0 Å². The summed E-state index contributed by atoms with van der Waals surface area (Å²) in [4.78, 5) is 14.6. The van der Waals surface area contributed by atoms with Gasteiger partial charge in [0, 0.05) is 25.2 Å². The van der Waals surface area contributed by atoms with Gasteiger partial charge in [-0.3, -0.25) is 4.79 Å². The minimum atomic E-state index is 0.0281. The molecule has 1 aromatic heterocycles. The zero-order valence-electron chi connectivity index (χ0n) is 15.9. The molecule has 2 aromatic rings. The molecule has 1 amide bonds. The molecular weight excluding hydrogens is 324 g/mol. The average Bonchev–Trinajstić information content (AvgIpc) is 2.67. The lowest BCUT2D eigenvalue weighted by Gasteiger charge is -2.32. The first-order chi connectivity index (χ1) is 12.5. The first kappa shape index (κ1) is 18.4. The van der Waals surface area contributed by atoms with Crippen LogP contribution in [0, 0.1) is 18.8 Å². The van der Waals surface area contributed by atoms with E-state index in [9.17, 15) is 4.79 Å². The maximum atomic E-state index is 12.4. The second-order valence-electron chi connectivity index (χ2n) is 7.52. The number of piperidine rings is 1. The smallest absolute Gasteiger partial charge is 0.224 e. The van der Waals surface area contributed by atoms with Gasteiger partial charge in [0.05, 0.1) is 11.6 Å². The van der Waals surface area contributed by atoms with Crippen molar-refractivity contribution in [2.75, 3.05) is 24.5 Å². The number of carbonyl (C=O) groups excluding carboxylic acids is 1. The number of aromatic nitrogens is 2. The number of aryl methyl sites for hydroxylation is 1. The van der Waals surface area contributed by atoms with E-state index in [1.807, 2.05) is 24.3 Å². The molecule has 5 heteroatoms. The molecule has 0 saturated carbocycles. The summed E-state index contributed by atoms with van der Waals surface area (Å²) in [5.74, 6) is 1.51. The third-order valence-electron chi connectivity index (χ3n) is 4.87. The van der Waals surface area contributed by atoms with Crippen LogP contribution in [0.1, 0.15) is 32.3 Å². The van der Waals surface area contributed by atoms with Gasteiger partial charge in [0.25, 0.3) is 0 Å². The summed E-state index contributed by atoms with van der Waals surface area (Å²) in [6.07, 6.45) is 1.94. The minimum absolute atomic E-state index is 0.0281. The van der Waals surface area contributed by atoms with E-state index in [1.54, 1.807) is 0 Å². The van der Waals surface area contributed by atoms with E-state index in [-0.39, 0.29) is 11.8 Å². The maximum absolute atomic E-state index is 12.4. The SMILES string of the molecule is Cc1ccccc1-c1ccc(N2CCC[C@@H](C(=O)NCC(C)C)C2)nn1. The molecule has 1 fully saturated rings. The lowest BCUT2D eigenvalue weighted by atomic mass is 9.97. The van der Waals surface area contributed by atoms with Crippen LogP contribution >= 0.6 is 0 Å². The third kappa shape index (κ3) is 4.40. The molecule has 0 bridgehead atoms. The van der Waals surface area contributed by atoms with E-state index >= 15 is 0 Å². The Balaban J connectivity index is 1.67. The van der Waals surface area contributed by atoms with E-state index < -0.39 is 0 Å². The Kier molecular flexibility index (Phi) is 5.86. The molecular formula is C21H28N4O. The molecule has 1 aliphatic rings. The summed E-state index contributed by atoms with van der Waals surface area (Å²) >= 11 is 0. The highest BCUT2D eigenvalue weighted by atomic mass is 16.1. The normalized spacial score (nSPS) is 17.4. The monoisotopic (exact) mass is 352 g/mol. The Hall–Kier alpha value is -2.43. The molecule has 2 heterocycles. The van der Waals surface area contributed by atoms with Gasteiger partial charge < -0.3 is 10.2 Å². The van der Waals surface area contributed by atoms with Gasteiger partial charge >= 0.3 is 0 Å². The Morgan fingerprint density at radius 3 is 2.73 bits per heavy atom. The van der Waals surface area contributed by atoms with Gasteiger partial charge in [0.2, 0.25) is 5.91 Å². The number of benzene rings is 1. The number of carbonyl (C=O) groups is 1. The number of hydrogen-bond donors (Lipinski definition) is 1. The van der Waals surface area contributed by atoms with Crippen molar-refractivity contribution in [2.24, 2.45) is 11.8 Å². The van der Waals surface area contributed by atoms with Gasteiger partial charge in [-0.15, -0.1) is 10.2 Å². The second-order valence-corrected chi connectivity index (χ2v) is 7.52. The molecule has 1 atom stereocenters. The van der Waals surface area contributed by atoms with E-state index in [4.69, 9.17) is 0 Å². The van der Waals surface area contributed by atoms with Crippen LogP contribution in [0.2, 0.25) is 0 Å². The summed E-state index contributed by atoms with van der Waals surface area (Å²) in [5.41, 5.74) is 3.18. The summed E-state index contributed by atoms with van der Waals surface area (Å²) in [5, 5.41) is 11.9. The highest BCUT2D eigenvalue weighted by Gasteiger charge is 2.26. The van der Waals surface area contributed by atoms with Crippen molar-refractivity contribution in [3.8, 4) is 11.3 Å². The van der Waals surface area contributed by atoms with Crippen LogP contribution in [0.4, 0.5) is 5.82 Å². The van der Waals surface area contributed by atoms with E-state index in [0.29, 0.717) is 12.5 Å². The Morgan fingerprint density at radius 2 is 2.04 bits per heavy atom. The fourth-order valence-electron chi connectivity index (χ4n) is 3.35. The third-order valence-corrected chi connectivity index (χ3v) is 4.87. The fraction of sp³-hybridized carbons (Fsp3) is 0.476. The molecule has 0 aliphatic carbocycles. The molecule has 5 nitrogen and oxygen atoms in total. The summed E-state index contributed by atoms with van der Waals surface area (Å²) in [6.45, 7) is 8.67. The van der Waals surface area contributed by atoms with Crippen molar-refractivity contribution in [1.29, 1.82) is 0 Å². The van der Waals surface area contributed by atoms with Gasteiger partial charge in [0.1, 0.15) is 0 Å². The molecule has 0 spiro atoms. The van der Waals surface area contributed by atoms with Crippen LogP contribution in [-0.2, 0) is 4.79 Å². The van der Waals surface area contributed by atoms with E-state index in [0.717, 1.165) is 43.0 Å². The van der Waals surface area contributed by atoms with Crippen LogP contribution in [0.3, 0.4) is 0 Å². The van der Waals surface area contributed by atoms with Crippen molar-refractivity contribution in [1.82, 2.24) is 15.5 Å². The van der Waals surface area contributed by atoms with Crippen molar-refractivity contribution >= 4 is 11.7 Å². The van der Waals surface area contributed by atoms with Crippen molar-refractivity contribution < 1.29 is 4.79 Å². The number of anilines is 1. The number of nitrogens with one attached hydrogen (secondary N) is 1. The Bertz CT molecular complexity index is 742. The Labute approximate surface area is 155 Å². The molecule has 1 aromatic carbocycles. The largest absolute Gasteiger partial charge is 0.356 e. The highest BCUT2D eigenvalue weighted by molar-refractivity contribution is 5.79. The van der Waals surface area contributed by atoms with Gasteiger partial charge in [-0.1, -0.05) is 38.1 Å². The quantitative estimate of drug-likeness (QED) is 0.895. The second kappa shape index (κ2) is 8.30. The van der Waals surface area contributed by atoms with Crippen LogP contribution in [0.25, 0.3) is 11.3 Å². The van der Waals surface area contributed by atoms with Gasteiger partial charge in [0.15, 0.2) is 5.82 Å². The Morgan fingerprint density at radius 1 is 1.23 bits per heavy atom. The topological polar surface area (TPSA) is 58.1 Å². The zero-order valence-corrected chi connectivity index (χ0v) is 15.9. The van der Waals surface area contributed by atoms with Crippen LogP contribution in [-0.4, -0.2) is 35.7 Å². The van der Waals surface area contributed by atoms with Gasteiger partial charge in [-0.05, 0) is 43.4 Å². The number of hydrogen-bond acceptors (Lipinski definition) is 4. The fourth-order valence-corrected chi connectivity index (χ4v) is 3.35. The van der Waals surface area contributed by atoms with Crippen LogP contribution < -0.4 is 10.2 Å². The van der Waals surface area contributed by atoms with Crippen LogP contribution in [0.15, 0.2) is 36.4 Å². The van der Waals surface area contributed by atoms with Crippen LogP contribution in [0.5, 0.6) is 0 Å². The lowest BCUT2D eigenvalue weighted by molar-refractivity contribution is -0.125. The lowest BCUT2D eigenvalue weighted by Crippen LogP contribution is -2.44. The summed E-state index contributed by atoms with van der Waals surface area (Å²) in [6, 6.07) is 12.2. The average molecular weight is 352 g/mol. The summed E-state index contributed by atoms with van der Waals surface area (Å²) < 4.78 is 0. The molecule has 0 radical (unpaired) electrons. The first-order valence-corrected chi connectivity index (χ1v) is 9.47. The van der Waals surface area contributed by atoms with E-state index in [2.05, 4.69) is 53.3 Å². The first-order valence-electron chi connectivity index (χ1n) is 9.47. The zero-order chi connectivity index (χ0) is 18.5. The molecule has 0 unspecified atom stereocenters. The van der Waals surface area contributed by atoms with Crippen molar-refractivity contribution in [2.45, 2.75) is 33.6 Å². The van der Waals surface area contributed by atoms with Crippen molar-refractivity contribution in [3.05, 3.63) is 42.0 Å². The maximum Gasteiger partial charge on any atom is 0.224 e. The molecule has 26 heavy (non-hydrogen) atoms.